The van der Waals surface area contributed by atoms with Crippen molar-refractivity contribution in [2.45, 2.75) is 13.3 Å². The molecule has 1 aromatic heterocycles. The van der Waals surface area contributed by atoms with E-state index in [-0.39, 0.29) is 8.41 Å². The zero-order valence-corrected chi connectivity index (χ0v) is 7.07. The van der Waals surface area contributed by atoms with Gasteiger partial charge in [0, 0.05) is 18.9 Å². The second-order valence-electron chi connectivity index (χ2n) is 2.10. The van der Waals surface area contributed by atoms with E-state index in [2.05, 4.69) is 10.4 Å². The molecule has 0 saturated carbocycles. The number of thiazole rings is 1. The molecule has 0 atom stereocenters. The molecule has 0 saturated heterocycles. The van der Waals surface area contributed by atoms with Crippen molar-refractivity contribution in [2.75, 3.05) is 13.7 Å². The molecular formula is C7H14BNOS. The van der Waals surface area contributed by atoms with Crippen molar-refractivity contribution in [1.29, 1.82) is 0 Å². The normalized spacial score (nSPS) is 9.27. The number of aromatic nitrogens is 1. The predicted octanol–water partition coefficient (Wildman–Crippen LogP) is 0.457. The zero-order chi connectivity index (χ0) is 7.40. The summed E-state index contributed by atoms with van der Waals surface area (Å²) in [6, 6.07) is 0. The summed E-state index contributed by atoms with van der Waals surface area (Å²) in [6.45, 7) is 2.78. The van der Waals surface area contributed by atoms with Crippen molar-refractivity contribution in [1.82, 2.24) is 4.98 Å². The lowest BCUT2D eigenvalue weighted by molar-refractivity contribution is 0.201. The third-order valence-corrected chi connectivity index (χ3v) is 2.05. The maximum Gasteiger partial charge on any atom is 0.0897 e. The number of ether oxygens (including phenoxy) is 1. The molecule has 62 valence electrons. The molecule has 0 amide bonds. The Labute approximate surface area is 73.2 Å². The van der Waals surface area contributed by atoms with Crippen LogP contribution >= 0.6 is 11.3 Å². The first-order chi connectivity index (χ1) is 4.83. The van der Waals surface area contributed by atoms with Gasteiger partial charge in [0.25, 0.3) is 0 Å². The van der Waals surface area contributed by atoms with E-state index in [1.807, 2.05) is 6.92 Å². The van der Waals surface area contributed by atoms with Crippen LogP contribution in [0.3, 0.4) is 0 Å². The fraction of sp³-hybridized carbons (Fsp3) is 0.571. The Bertz CT molecular complexity index is 202. The van der Waals surface area contributed by atoms with Crippen LogP contribution in [0.5, 0.6) is 0 Å². The standard InChI is InChI=1S/C7H11NOS.BH3/c1-6-8-7(5-10-6)3-4-9-2;/h5H,3-4H2,1-2H3;1H3. The minimum Gasteiger partial charge on any atom is -0.384 e. The van der Waals surface area contributed by atoms with Gasteiger partial charge in [0.2, 0.25) is 0 Å². The maximum atomic E-state index is 4.92. The van der Waals surface area contributed by atoms with Crippen LogP contribution in [0, 0.1) is 6.92 Å². The average molecular weight is 171 g/mol. The van der Waals surface area contributed by atoms with Crippen molar-refractivity contribution in [3.05, 3.63) is 16.1 Å². The molecule has 0 aromatic carbocycles. The smallest absolute Gasteiger partial charge is 0.0897 e. The molecule has 0 unspecified atom stereocenters. The van der Waals surface area contributed by atoms with Crippen LogP contribution in [0.25, 0.3) is 0 Å². The highest BCUT2D eigenvalue weighted by molar-refractivity contribution is 7.09. The highest BCUT2D eigenvalue weighted by Crippen LogP contribution is 2.07. The highest BCUT2D eigenvalue weighted by Gasteiger charge is 1.95. The second kappa shape index (κ2) is 5.32. The fourth-order valence-electron chi connectivity index (χ4n) is 0.730. The van der Waals surface area contributed by atoms with Crippen LogP contribution in [-0.2, 0) is 11.2 Å². The summed E-state index contributed by atoms with van der Waals surface area (Å²) in [5, 5.41) is 3.21. The number of aryl methyl sites for hydroxylation is 1. The van der Waals surface area contributed by atoms with E-state index >= 15 is 0 Å². The summed E-state index contributed by atoms with van der Waals surface area (Å²) >= 11 is 1.69. The molecule has 0 aliphatic heterocycles. The van der Waals surface area contributed by atoms with E-state index < -0.39 is 0 Å². The van der Waals surface area contributed by atoms with Gasteiger partial charge in [0.15, 0.2) is 0 Å². The predicted molar refractivity (Wildman–Crippen MR) is 52.4 cm³/mol. The van der Waals surface area contributed by atoms with Crippen molar-refractivity contribution >= 4 is 19.7 Å². The van der Waals surface area contributed by atoms with Crippen LogP contribution in [0.15, 0.2) is 5.38 Å². The van der Waals surface area contributed by atoms with Gasteiger partial charge in [-0.3, -0.25) is 0 Å². The van der Waals surface area contributed by atoms with Crippen molar-refractivity contribution < 1.29 is 4.74 Å². The minimum absolute atomic E-state index is 0. The monoisotopic (exact) mass is 171 g/mol. The molecule has 0 aliphatic carbocycles. The van der Waals surface area contributed by atoms with Gasteiger partial charge >= 0.3 is 0 Å². The van der Waals surface area contributed by atoms with Crippen molar-refractivity contribution in [3.8, 4) is 0 Å². The van der Waals surface area contributed by atoms with Gasteiger partial charge in [-0.1, -0.05) is 0 Å². The minimum atomic E-state index is 0. The third kappa shape index (κ3) is 3.53. The quantitative estimate of drug-likeness (QED) is 0.616. The van der Waals surface area contributed by atoms with E-state index in [0.717, 1.165) is 23.7 Å². The zero-order valence-electron chi connectivity index (χ0n) is 6.26. The van der Waals surface area contributed by atoms with Crippen LogP contribution in [0.4, 0.5) is 0 Å². The number of nitrogens with zero attached hydrogens (tertiary/aromatic N) is 1. The number of methoxy groups -OCH3 is 1. The second-order valence-corrected chi connectivity index (χ2v) is 3.16. The highest BCUT2D eigenvalue weighted by atomic mass is 32.1. The average Bonchev–Trinajstić information content (AvgIpc) is 2.31. The number of hydrogen-bond acceptors (Lipinski definition) is 3. The molecule has 0 aliphatic rings. The Morgan fingerprint density at radius 3 is 2.82 bits per heavy atom. The van der Waals surface area contributed by atoms with Gasteiger partial charge in [-0.05, 0) is 6.92 Å². The van der Waals surface area contributed by atoms with Crippen LogP contribution in [0.2, 0.25) is 0 Å². The summed E-state index contributed by atoms with van der Waals surface area (Å²) in [7, 11) is 1.71. The van der Waals surface area contributed by atoms with Gasteiger partial charge in [-0.15, -0.1) is 11.3 Å². The lowest BCUT2D eigenvalue weighted by Crippen LogP contribution is -1.93. The molecule has 0 fully saturated rings. The molecule has 2 nitrogen and oxygen atoms in total. The van der Waals surface area contributed by atoms with E-state index in [0.29, 0.717) is 0 Å². The lowest BCUT2D eigenvalue weighted by atomic mass is 10.4. The SMILES string of the molecule is B.COCCc1csc(C)n1. The Kier molecular flexibility index (Phi) is 5.16. The molecule has 11 heavy (non-hydrogen) atoms. The summed E-state index contributed by atoms with van der Waals surface area (Å²) in [5.74, 6) is 0. The molecule has 0 radical (unpaired) electrons. The molecular weight excluding hydrogens is 157 g/mol. The largest absolute Gasteiger partial charge is 0.384 e. The maximum absolute atomic E-state index is 4.92. The van der Waals surface area contributed by atoms with E-state index in [4.69, 9.17) is 4.74 Å². The molecule has 1 rings (SSSR count). The molecule has 4 heteroatoms. The molecule has 0 N–H and O–H groups in total. The van der Waals surface area contributed by atoms with Crippen LogP contribution in [-0.4, -0.2) is 27.1 Å². The first-order valence-corrected chi connectivity index (χ1v) is 4.11. The third-order valence-electron chi connectivity index (χ3n) is 1.23. The van der Waals surface area contributed by atoms with E-state index in [9.17, 15) is 0 Å². The van der Waals surface area contributed by atoms with Gasteiger partial charge in [-0.25, -0.2) is 4.98 Å². The molecule has 0 bridgehead atoms. The van der Waals surface area contributed by atoms with Gasteiger partial charge in [-0.2, -0.15) is 0 Å². The Hall–Kier alpha value is -0.345. The van der Waals surface area contributed by atoms with E-state index in [1.54, 1.807) is 18.4 Å². The first-order valence-electron chi connectivity index (χ1n) is 3.23. The Balaban J connectivity index is 0.000001000. The topological polar surface area (TPSA) is 22.1 Å². The van der Waals surface area contributed by atoms with Crippen molar-refractivity contribution in [2.24, 2.45) is 0 Å². The van der Waals surface area contributed by atoms with Gasteiger partial charge in [0.05, 0.1) is 25.7 Å². The fourth-order valence-corrected chi connectivity index (χ4v) is 1.38. The Morgan fingerprint density at radius 2 is 2.36 bits per heavy atom. The number of hydrogen-bond donors (Lipinski definition) is 0. The van der Waals surface area contributed by atoms with Crippen LogP contribution < -0.4 is 0 Å². The van der Waals surface area contributed by atoms with Gasteiger partial charge < -0.3 is 4.74 Å². The summed E-state index contributed by atoms with van der Waals surface area (Å²) < 4.78 is 4.92. The molecule has 1 aromatic rings. The molecule has 1 heterocycles. The van der Waals surface area contributed by atoms with Crippen LogP contribution in [0.1, 0.15) is 10.7 Å². The van der Waals surface area contributed by atoms with Gasteiger partial charge in [0.1, 0.15) is 0 Å². The summed E-state index contributed by atoms with van der Waals surface area (Å²) in [5.41, 5.74) is 1.14. The summed E-state index contributed by atoms with van der Waals surface area (Å²) in [4.78, 5) is 4.29. The molecule has 0 spiro atoms. The van der Waals surface area contributed by atoms with Crippen molar-refractivity contribution in [3.63, 3.8) is 0 Å². The first kappa shape index (κ1) is 10.7. The lowest BCUT2D eigenvalue weighted by Gasteiger charge is -1.92. The number of rotatable bonds is 3. The Morgan fingerprint density at radius 1 is 1.64 bits per heavy atom. The summed E-state index contributed by atoms with van der Waals surface area (Å²) in [6.07, 6.45) is 0.931. The van der Waals surface area contributed by atoms with E-state index in [1.165, 1.54) is 0 Å².